The van der Waals surface area contributed by atoms with Gasteiger partial charge in [0, 0.05) is 5.69 Å². The molecule has 0 aliphatic carbocycles. The van der Waals surface area contributed by atoms with Gasteiger partial charge in [0.2, 0.25) is 16.1 Å². The summed E-state index contributed by atoms with van der Waals surface area (Å²) < 4.78 is 38.5. The molecule has 9 nitrogen and oxygen atoms in total. The Morgan fingerprint density at radius 2 is 1.89 bits per heavy atom. The number of rotatable bonds is 5. The van der Waals surface area contributed by atoms with Gasteiger partial charge in [0.25, 0.3) is 5.91 Å². The van der Waals surface area contributed by atoms with Crippen molar-refractivity contribution in [3.8, 4) is 11.5 Å². The van der Waals surface area contributed by atoms with Crippen LogP contribution >= 0.6 is 0 Å². The standard InChI is InChI=1S/C17H16N2O7S/c18-27(22,23)12-5-3-4-11(8-12)19-16(20)10-25-17(21)15-9-24-13-6-1-2-7-14(13)26-15/h1-8,15H,9-10H2,(H,19,20)(H2,18,22,23). The van der Waals surface area contributed by atoms with Crippen molar-refractivity contribution in [1.29, 1.82) is 0 Å². The minimum absolute atomic E-state index is 0.0339. The first-order valence-corrected chi connectivity index (χ1v) is 9.35. The number of ether oxygens (including phenoxy) is 3. The molecule has 0 saturated heterocycles. The number of hydrogen-bond acceptors (Lipinski definition) is 7. The lowest BCUT2D eigenvalue weighted by molar-refractivity contribution is -0.156. The minimum atomic E-state index is -3.89. The summed E-state index contributed by atoms with van der Waals surface area (Å²) in [6, 6.07) is 12.3. The number of primary sulfonamides is 1. The smallest absolute Gasteiger partial charge is 0.351 e. The molecule has 0 saturated carbocycles. The lowest BCUT2D eigenvalue weighted by Gasteiger charge is -2.24. The van der Waals surface area contributed by atoms with Crippen molar-refractivity contribution in [3.63, 3.8) is 0 Å². The molecule has 3 rings (SSSR count). The number of esters is 1. The van der Waals surface area contributed by atoms with Crippen molar-refractivity contribution in [1.82, 2.24) is 0 Å². The van der Waals surface area contributed by atoms with E-state index in [0.717, 1.165) is 0 Å². The summed E-state index contributed by atoms with van der Waals surface area (Å²) in [5, 5.41) is 7.46. The summed E-state index contributed by atoms with van der Waals surface area (Å²) in [6.07, 6.45) is -0.988. The summed E-state index contributed by atoms with van der Waals surface area (Å²) in [7, 11) is -3.89. The van der Waals surface area contributed by atoms with Crippen molar-refractivity contribution in [2.75, 3.05) is 18.5 Å². The molecule has 0 bridgehead atoms. The van der Waals surface area contributed by atoms with E-state index in [2.05, 4.69) is 5.32 Å². The number of nitrogens with one attached hydrogen (secondary N) is 1. The first-order valence-electron chi connectivity index (χ1n) is 7.81. The normalized spacial score (nSPS) is 15.7. The highest BCUT2D eigenvalue weighted by molar-refractivity contribution is 7.89. The quantitative estimate of drug-likeness (QED) is 0.714. The van der Waals surface area contributed by atoms with Crippen molar-refractivity contribution in [3.05, 3.63) is 48.5 Å². The molecular weight excluding hydrogens is 376 g/mol. The molecule has 10 heteroatoms. The third-order valence-corrected chi connectivity index (χ3v) is 4.47. The molecule has 0 spiro atoms. The first kappa shape index (κ1) is 18.7. The number of nitrogens with two attached hydrogens (primary N) is 1. The first-order chi connectivity index (χ1) is 12.8. The van der Waals surface area contributed by atoms with Crippen molar-refractivity contribution in [2.45, 2.75) is 11.0 Å². The molecule has 1 aliphatic rings. The molecule has 1 atom stereocenters. The second-order valence-electron chi connectivity index (χ2n) is 5.59. The van der Waals surface area contributed by atoms with E-state index in [1.165, 1.54) is 24.3 Å². The highest BCUT2D eigenvalue weighted by Crippen LogP contribution is 2.31. The molecule has 27 heavy (non-hydrogen) atoms. The molecule has 1 unspecified atom stereocenters. The molecule has 142 valence electrons. The SMILES string of the molecule is NS(=O)(=O)c1cccc(NC(=O)COC(=O)C2COc3ccccc3O2)c1. The largest absolute Gasteiger partial charge is 0.485 e. The van der Waals surface area contributed by atoms with Crippen LogP contribution < -0.4 is 19.9 Å². The molecular formula is C17H16N2O7S. The lowest BCUT2D eigenvalue weighted by atomic mass is 10.2. The van der Waals surface area contributed by atoms with Gasteiger partial charge in [-0.15, -0.1) is 0 Å². The maximum absolute atomic E-state index is 12.0. The van der Waals surface area contributed by atoms with Crippen LogP contribution in [-0.2, 0) is 24.3 Å². The maximum Gasteiger partial charge on any atom is 0.351 e. The van der Waals surface area contributed by atoms with Crippen LogP contribution in [0, 0.1) is 0 Å². The fourth-order valence-corrected chi connectivity index (χ4v) is 2.87. The minimum Gasteiger partial charge on any atom is -0.485 e. The predicted molar refractivity (Wildman–Crippen MR) is 93.8 cm³/mol. The van der Waals surface area contributed by atoms with Gasteiger partial charge in [-0.2, -0.15) is 0 Å². The third-order valence-electron chi connectivity index (χ3n) is 3.56. The molecule has 1 heterocycles. The Hall–Kier alpha value is -3.11. The predicted octanol–water partition coefficient (Wildman–Crippen LogP) is 0.656. The van der Waals surface area contributed by atoms with Gasteiger partial charge in [0.1, 0.15) is 6.61 Å². The Balaban J connectivity index is 1.53. The Bertz CT molecular complexity index is 975. The van der Waals surface area contributed by atoms with E-state index in [4.69, 9.17) is 19.3 Å². The number of anilines is 1. The van der Waals surface area contributed by atoms with Crippen LogP contribution in [0.3, 0.4) is 0 Å². The van der Waals surface area contributed by atoms with Gasteiger partial charge in [-0.1, -0.05) is 18.2 Å². The fraction of sp³-hybridized carbons (Fsp3) is 0.176. The zero-order valence-electron chi connectivity index (χ0n) is 14.0. The zero-order valence-corrected chi connectivity index (χ0v) is 14.8. The van der Waals surface area contributed by atoms with Crippen LogP contribution in [0.25, 0.3) is 0 Å². The van der Waals surface area contributed by atoms with E-state index < -0.39 is 34.6 Å². The number of carbonyl (C=O) groups is 2. The molecule has 0 aromatic heterocycles. The fourth-order valence-electron chi connectivity index (χ4n) is 2.31. The molecule has 2 aromatic carbocycles. The lowest BCUT2D eigenvalue weighted by Crippen LogP contribution is -2.39. The Labute approximate surface area is 155 Å². The topological polar surface area (TPSA) is 134 Å². The van der Waals surface area contributed by atoms with E-state index in [1.54, 1.807) is 24.3 Å². The van der Waals surface area contributed by atoms with Crippen molar-refractivity contribution in [2.24, 2.45) is 5.14 Å². The molecule has 3 N–H and O–H groups in total. The number of sulfonamides is 1. The summed E-state index contributed by atoms with van der Waals surface area (Å²) in [4.78, 5) is 23.8. The van der Waals surface area contributed by atoms with Crippen LogP contribution in [0.2, 0.25) is 0 Å². The molecule has 2 aromatic rings. The van der Waals surface area contributed by atoms with Gasteiger partial charge in [-0.05, 0) is 30.3 Å². The van der Waals surface area contributed by atoms with Gasteiger partial charge in [-0.3, -0.25) is 4.79 Å². The van der Waals surface area contributed by atoms with Gasteiger partial charge < -0.3 is 19.5 Å². The van der Waals surface area contributed by atoms with Crippen molar-refractivity contribution < 1.29 is 32.2 Å². The number of para-hydroxylation sites is 2. The Morgan fingerprint density at radius 3 is 2.63 bits per heavy atom. The zero-order chi connectivity index (χ0) is 19.4. The highest BCUT2D eigenvalue weighted by atomic mass is 32.2. The molecule has 1 amide bonds. The summed E-state index contributed by atoms with van der Waals surface area (Å²) in [5.41, 5.74) is 0.203. The Kier molecular flexibility index (Phi) is 5.28. The monoisotopic (exact) mass is 392 g/mol. The second kappa shape index (κ2) is 7.64. The van der Waals surface area contributed by atoms with E-state index in [9.17, 15) is 18.0 Å². The number of amides is 1. The highest BCUT2D eigenvalue weighted by Gasteiger charge is 2.29. The summed E-state index contributed by atoms with van der Waals surface area (Å²) >= 11 is 0. The maximum atomic E-state index is 12.0. The van der Waals surface area contributed by atoms with Crippen LogP contribution in [-0.4, -0.2) is 39.6 Å². The van der Waals surface area contributed by atoms with Gasteiger partial charge >= 0.3 is 5.97 Å². The van der Waals surface area contributed by atoms with Gasteiger partial charge in [0.15, 0.2) is 18.1 Å². The van der Waals surface area contributed by atoms with Gasteiger partial charge in [0.05, 0.1) is 4.90 Å². The van der Waals surface area contributed by atoms with E-state index in [-0.39, 0.29) is 17.2 Å². The van der Waals surface area contributed by atoms with Crippen LogP contribution in [0.5, 0.6) is 11.5 Å². The second-order valence-corrected chi connectivity index (χ2v) is 7.15. The number of fused-ring (bicyclic) bond motifs is 1. The van der Waals surface area contributed by atoms with Crippen molar-refractivity contribution >= 4 is 27.6 Å². The number of carbonyl (C=O) groups excluding carboxylic acids is 2. The summed E-state index contributed by atoms with van der Waals surface area (Å²) in [5.74, 6) is -0.464. The van der Waals surface area contributed by atoms with E-state index in [1.807, 2.05) is 0 Å². The Morgan fingerprint density at radius 1 is 1.15 bits per heavy atom. The van der Waals surface area contributed by atoms with Crippen LogP contribution in [0.15, 0.2) is 53.4 Å². The average Bonchev–Trinajstić information content (AvgIpc) is 2.65. The van der Waals surface area contributed by atoms with Crippen LogP contribution in [0.4, 0.5) is 5.69 Å². The van der Waals surface area contributed by atoms with Gasteiger partial charge in [-0.25, -0.2) is 18.4 Å². The average molecular weight is 392 g/mol. The van der Waals surface area contributed by atoms with E-state index in [0.29, 0.717) is 11.5 Å². The van der Waals surface area contributed by atoms with E-state index >= 15 is 0 Å². The molecule has 1 aliphatic heterocycles. The summed E-state index contributed by atoms with van der Waals surface area (Å²) in [6.45, 7) is -0.603. The van der Waals surface area contributed by atoms with Crippen LogP contribution in [0.1, 0.15) is 0 Å². The number of benzene rings is 2. The number of hydrogen-bond donors (Lipinski definition) is 2. The third kappa shape index (κ3) is 4.74. The molecule has 0 fully saturated rings. The molecule has 0 radical (unpaired) electrons.